The standard InChI is InChI=1S/C53H90O22/c1-23(2)10-9-14-53(8,75-47-43(67)39(63)37(61)29(72-47)22-69-45-41(65)34(58)26(57)21-68-45)24-11-16-52(7)33(24)25(56)18-31-50(5)15-13-32(49(3,4)30(50)12-17-51(31,52)6)73-48-44(40(64)36(60)28(20-55)71-48)74-46-42(66)38(62)35(59)27(19-54)70-46/h10,24-48,54-67H,9,11-22H2,1-8H3/t24-,25+,26+,27+,28+,29+,30?,31+,32-,33-,34+,35+,36+,37+,38-,39-,40-,41-,42+,43+,44+,45-,46-,47-,48-,50-,51+,52+,53-/m0/s1/i25D. The monoisotopic (exact) mass is 1080 g/mol. The minimum absolute atomic E-state index is 0.0477. The molecule has 22 heteroatoms. The molecule has 29 atom stereocenters. The van der Waals surface area contributed by atoms with Crippen LogP contribution in [0.4, 0.5) is 0 Å². The summed E-state index contributed by atoms with van der Waals surface area (Å²) < 4.78 is 58.8. The Morgan fingerprint density at radius 1 is 0.627 bits per heavy atom. The maximum Gasteiger partial charge on any atom is 0.187 e. The molecule has 22 nitrogen and oxygen atoms in total. The van der Waals surface area contributed by atoms with Crippen LogP contribution < -0.4 is 0 Å². The first kappa shape index (κ1) is 58.5. The first-order chi connectivity index (χ1) is 35.4. The van der Waals surface area contributed by atoms with Crippen LogP contribution in [0.25, 0.3) is 0 Å². The summed E-state index contributed by atoms with van der Waals surface area (Å²) in [5, 5.41) is 152. The number of hydrogen-bond acceptors (Lipinski definition) is 22. The van der Waals surface area contributed by atoms with Crippen LogP contribution in [0.1, 0.15) is 115 Å². The first-order valence-corrected chi connectivity index (χ1v) is 27.2. The summed E-state index contributed by atoms with van der Waals surface area (Å²) in [7, 11) is 0. The Bertz CT molecular complexity index is 2000. The zero-order valence-corrected chi connectivity index (χ0v) is 44.7. The minimum atomic E-state index is -1.98. The molecule has 0 bridgehead atoms. The highest BCUT2D eigenvalue weighted by Crippen LogP contribution is 2.76. The van der Waals surface area contributed by atoms with Gasteiger partial charge in [-0.25, -0.2) is 0 Å². The lowest BCUT2D eigenvalue weighted by Crippen LogP contribution is -2.68. The van der Waals surface area contributed by atoms with E-state index in [1.807, 2.05) is 20.8 Å². The first-order valence-electron chi connectivity index (χ1n) is 27.7. The highest BCUT2D eigenvalue weighted by molar-refractivity contribution is 5.20. The Hall–Kier alpha value is -1.14. The lowest BCUT2D eigenvalue weighted by Gasteiger charge is -2.71. The fourth-order valence-corrected chi connectivity index (χ4v) is 15.7. The molecule has 4 aliphatic heterocycles. The summed E-state index contributed by atoms with van der Waals surface area (Å²) in [4.78, 5) is 0. The van der Waals surface area contributed by atoms with Gasteiger partial charge in [0.1, 0.15) is 91.6 Å². The van der Waals surface area contributed by atoms with Crippen LogP contribution in [0.3, 0.4) is 0 Å². The number of aliphatic hydroxyl groups excluding tert-OH is 13. The molecule has 8 rings (SSSR count). The SMILES string of the molecule is [2H][C@@]1(O)C[C@@H]2[C@@]3(C)CC[C@H](O[C@@H]4O[C@H](CO)[C@@H](O)[C@H](O)[C@H]4O[C@@H]4O[C@H](CO)[C@@H](O)[C@H](O)[C@H]4O)C(C)(C)C3CC[C@@]2(C)[C@]2(C)CC[C@H]([C@](C)(CCC=C(C)C)O[C@@H]3O[C@H](CO[C@@H]4OC[C@@H](O)[C@@H](O)[C@@H]4O)[C@@H](O)[C@H](O)[C@H]3O)[C@@H]12. The van der Waals surface area contributed by atoms with E-state index in [0.29, 0.717) is 38.5 Å². The van der Waals surface area contributed by atoms with Crippen molar-refractivity contribution in [3.05, 3.63) is 11.6 Å². The Labute approximate surface area is 440 Å². The Balaban J connectivity index is 1.03. The molecule has 14 N–H and O–H groups in total. The molecule has 434 valence electrons. The number of allylic oxidation sites excluding steroid dienone is 2. The van der Waals surface area contributed by atoms with E-state index in [9.17, 15) is 72.9 Å². The lowest BCUT2D eigenvalue weighted by molar-refractivity contribution is -0.378. The third kappa shape index (κ3) is 10.6. The normalized spacial score (nSPS) is 53.9. The van der Waals surface area contributed by atoms with E-state index < -0.39 is 188 Å². The summed E-state index contributed by atoms with van der Waals surface area (Å²) in [6.07, 6.45) is -25.6. The number of hydrogen-bond donors (Lipinski definition) is 14. The third-order valence-corrected chi connectivity index (χ3v) is 20.3. The molecule has 4 saturated carbocycles. The van der Waals surface area contributed by atoms with Gasteiger partial charge in [0.15, 0.2) is 25.2 Å². The number of fused-ring (bicyclic) bond motifs is 5. The fourth-order valence-electron chi connectivity index (χ4n) is 15.7. The van der Waals surface area contributed by atoms with Crippen molar-refractivity contribution >= 4 is 0 Å². The molecular formula is C53H90O22. The maximum absolute atomic E-state index is 13.0. The molecule has 4 heterocycles. The summed E-state index contributed by atoms with van der Waals surface area (Å²) >= 11 is 0. The van der Waals surface area contributed by atoms with Gasteiger partial charge in [-0.15, -0.1) is 0 Å². The highest BCUT2D eigenvalue weighted by Gasteiger charge is 2.72. The molecule has 8 fully saturated rings. The number of aliphatic hydroxyl groups is 14. The molecule has 0 amide bonds. The van der Waals surface area contributed by atoms with Crippen LogP contribution in [-0.4, -0.2) is 232 Å². The highest BCUT2D eigenvalue weighted by atomic mass is 16.8. The van der Waals surface area contributed by atoms with Gasteiger partial charge in [0, 0.05) is 0 Å². The van der Waals surface area contributed by atoms with Crippen LogP contribution in [0.5, 0.6) is 0 Å². The van der Waals surface area contributed by atoms with Crippen molar-refractivity contribution in [1.29, 1.82) is 0 Å². The van der Waals surface area contributed by atoms with E-state index in [2.05, 4.69) is 40.7 Å². The average Bonchev–Trinajstić information content (AvgIpc) is 3.76. The van der Waals surface area contributed by atoms with Gasteiger partial charge < -0.3 is 109 Å². The lowest BCUT2D eigenvalue weighted by atomic mass is 9.35. The smallest absolute Gasteiger partial charge is 0.187 e. The summed E-state index contributed by atoms with van der Waals surface area (Å²) in [6.45, 7) is 14.5. The van der Waals surface area contributed by atoms with Gasteiger partial charge >= 0.3 is 0 Å². The number of rotatable bonds is 15. The van der Waals surface area contributed by atoms with Gasteiger partial charge in [0.25, 0.3) is 0 Å². The molecule has 4 saturated heterocycles. The van der Waals surface area contributed by atoms with E-state index in [4.69, 9.17) is 37.9 Å². The summed E-state index contributed by atoms with van der Waals surface area (Å²) in [5.74, 6) is -1.32. The van der Waals surface area contributed by atoms with Crippen molar-refractivity contribution in [2.45, 2.75) is 248 Å². The van der Waals surface area contributed by atoms with E-state index in [1.54, 1.807) is 0 Å². The Morgan fingerprint density at radius 2 is 1.20 bits per heavy atom. The second kappa shape index (κ2) is 22.7. The van der Waals surface area contributed by atoms with Gasteiger partial charge in [-0.2, -0.15) is 0 Å². The van der Waals surface area contributed by atoms with Crippen molar-refractivity contribution in [1.82, 2.24) is 0 Å². The van der Waals surface area contributed by atoms with Crippen LogP contribution in [0, 0.1) is 45.3 Å². The number of ether oxygens (including phenoxy) is 8. The van der Waals surface area contributed by atoms with Crippen LogP contribution in [0.2, 0.25) is 0 Å². The van der Waals surface area contributed by atoms with E-state index in [1.165, 1.54) is 0 Å². The minimum Gasteiger partial charge on any atom is -0.394 e. The Kier molecular flexibility index (Phi) is 17.7. The topological polar surface area (TPSA) is 357 Å². The third-order valence-electron chi connectivity index (χ3n) is 20.3. The predicted molar refractivity (Wildman–Crippen MR) is 260 cm³/mol. The quantitative estimate of drug-likeness (QED) is 0.0651. The molecular weight excluding hydrogens is 989 g/mol. The molecule has 4 aliphatic carbocycles. The van der Waals surface area contributed by atoms with E-state index in [-0.39, 0.29) is 24.9 Å². The van der Waals surface area contributed by atoms with Crippen LogP contribution >= 0.6 is 0 Å². The Morgan fingerprint density at radius 3 is 1.84 bits per heavy atom. The summed E-state index contributed by atoms with van der Waals surface area (Å²) in [5.41, 5.74) is -2.25. The zero-order valence-electron chi connectivity index (χ0n) is 45.7. The zero-order chi connectivity index (χ0) is 56.0. The van der Waals surface area contributed by atoms with Crippen LogP contribution in [-0.2, 0) is 37.9 Å². The van der Waals surface area contributed by atoms with Crippen molar-refractivity contribution in [2.75, 3.05) is 26.4 Å². The van der Waals surface area contributed by atoms with Gasteiger partial charge in [0.2, 0.25) is 0 Å². The van der Waals surface area contributed by atoms with Crippen molar-refractivity contribution in [3.63, 3.8) is 0 Å². The molecule has 0 aromatic heterocycles. The molecule has 0 aromatic rings. The van der Waals surface area contributed by atoms with Crippen LogP contribution in [0.15, 0.2) is 11.6 Å². The van der Waals surface area contributed by atoms with Crippen molar-refractivity contribution in [2.24, 2.45) is 45.3 Å². The van der Waals surface area contributed by atoms with Gasteiger partial charge in [-0.3, -0.25) is 0 Å². The van der Waals surface area contributed by atoms with E-state index in [0.717, 1.165) is 18.4 Å². The van der Waals surface area contributed by atoms with Crippen molar-refractivity contribution in [3.8, 4) is 0 Å². The fraction of sp³-hybridized carbons (Fsp3) is 0.962. The maximum atomic E-state index is 13.0. The van der Waals surface area contributed by atoms with E-state index >= 15 is 0 Å². The van der Waals surface area contributed by atoms with Gasteiger partial charge in [-0.1, -0.05) is 46.3 Å². The van der Waals surface area contributed by atoms with Gasteiger partial charge in [-0.05, 0) is 124 Å². The molecule has 8 aliphatic rings. The second-order valence-electron chi connectivity index (χ2n) is 25.1. The molecule has 0 radical (unpaired) electrons. The average molecular weight is 1080 g/mol. The molecule has 0 spiro atoms. The van der Waals surface area contributed by atoms with Crippen molar-refractivity contribution < 1.29 is 111 Å². The largest absolute Gasteiger partial charge is 0.394 e. The molecule has 75 heavy (non-hydrogen) atoms. The summed E-state index contributed by atoms with van der Waals surface area (Å²) in [6, 6.07) is 0. The molecule has 1 unspecified atom stereocenters. The second-order valence-corrected chi connectivity index (χ2v) is 25.1. The molecule has 0 aromatic carbocycles. The predicted octanol–water partition coefficient (Wildman–Crippen LogP) is -1.56. The van der Waals surface area contributed by atoms with Gasteiger partial charge in [0.05, 0.1) is 45.6 Å².